The van der Waals surface area contributed by atoms with Crippen LogP contribution in [0.3, 0.4) is 0 Å². The van der Waals surface area contributed by atoms with Gasteiger partial charge in [0.2, 0.25) is 5.91 Å². The van der Waals surface area contributed by atoms with Crippen LogP contribution in [-0.4, -0.2) is 81.6 Å². The largest absolute Gasteiger partial charge is 0.342 e. The summed E-state index contributed by atoms with van der Waals surface area (Å²) in [5.74, 6) is 2.49. The van der Waals surface area contributed by atoms with Crippen LogP contribution >= 0.6 is 0 Å². The van der Waals surface area contributed by atoms with Gasteiger partial charge < -0.3 is 4.90 Å². The van der Waals surface area contributed by atoms with Crippen LogP contribution in [0.2, 0.25) is 0 Å². The zero-order chi connectivity index (χ0) is 17.6. The zero-order valence-electron chi connectivity index (χ0n) is 15.7. The molecule has 1 aromatic rings. The van der Waals surface area contributed by atoms with E-state index in [1.165, 1.54) is 12.8 Å². The van der Waals surface area contributed by atoms with E-state index in [-0.39, 0.29) is 0 Å². The third kappa shape index (κ3) is 5.25. The molecular weight excluding hydrogens is 316 g/mol. The van der Waals surface area contributed by atoms with Crippen LogP contribution < -0.4 is 0 Å². The molecule has 0 saturated carbocycles. The molecule has 0 aromatic carbocycles. The van der Waals surface area contributed by atoms with Crippen molar-refractivity contribution in [2.45, 2.75) is 52.0 Å². The number of H-pyrrole nitrogens is 1. The highest BCUT2D eigenvalue weighted by molar-refractivity contribution is 5.78. The molecule has 3 heterocycles. The number of carbonyl (C=O) groups is 1. The molecule has 25 heavy (non-hydrogen) atoms. The second kappa shape index (κ2) is 8.76. The van der Waals surface area contributed by atoms with E-state index in [0.717, 1.165) is 70.3 Å². The van der Waals surface area contributed by atoms with Gasteiger partial charge in [-0.1, -0.05) is 26.7 Å². The van der Waals surface area contributed by atoms with Crippen molar-refractivity contribution in [2.24, 2.45) is 0 Å². The number of hydrogen-bond acceptors (Lipinski definition) is 5. The molecular formula is C18H32N6O. The molecule has 3 rings (SSSR count). The quantitative estimate of drug-likeness (QED) is 0.872. The number of aromatic nitrogens is 3. The smallest absolute Gasteiger partial charge is 0.236 e. The average Bonchev–Trinajstić information content (AvgIpc) is 2.90. The van der Waals surface area contributed by atoms with Gasteiger partial charge in [-0.3, -0.25) is 19.7 Å². The number of amides is 1. The molecule has 1 amide bonds. The maximum absolute atomic E-state index is 12.5. The van der Waals surface area contributed by atoms with Crippen LogP contribution in [0, 0.1) is 0 Å². The van der Waals surface area contributed by atoms with Gasteiger partial charge in [-0.2, -0.15) is 5.10 Å². The molecule has 1 N–H and O–H groups in total. The van der Waals surface area contributed by atoms with Crippen molar-refractivity contribution in [1.29, 1.82) is 0 Å². The van der Waals surface area contributed by atoms with Gasteiger partial charge in [0.1, 0.15) is 5.82 Å². The predicted octanol–water partition coefficient (Wildman–Crippen LogP) is 1.45. The van der Waals surface area contributed by atoms with Crippen LogP contribution in [0.15, 0.2) is 0 Å². The van der Waals surface area contributed by atoms with E-state index in [1.807, 2.05) is 0 Å². The van der Waals surface area contributed by atoms with E-state index >= 15 is 0 Å². The molecule has 2 saturated heterocycles. The van der Waals surface area contributed by atoms with Crippen molar-refractivity contribution in [1.82, 2.24) is 29.9 Å². The molecule has 140 valence electrons. The Hall–Kier alpha value is -1.47. The number of rotatable bonds is 5. The fraction of sp³-hybridized carbons (Fsp3) is 0.833. The lowest BCUT2D eigenvalue weighted by Crippen LogP contribution is -2.50. The Labute approximate surface area is 150 Å². The summed E-state index contributed by atoms with van der Waals surface area (Å²) in [7, 11) is 0. The van der Waals surface area contributed by atoms with Crippen LogP contribution in [0.25, 0.3) is 0 Å². The minimum absolute atomic E-state index is 0.312. The lowest BCUT2D eigenvalue weighted by Gasteiger charge is -2.34. The summed E-state index contributed by atoms with van der Waals surface area (Å²) in [5, 5.41) is 7.32. The lowest BCUT2D eigenvalue weighted by atomic mass is 10.2. The van der Waals surface area contributed by atoms with Crippen LogP contribution in [0.1, 0.15) is 57.1 Å². The van der Waals surface area contributed by atoms with Gasteiger partial charge in [0.25, 0.3) is 0 Å². The average molecular weight is 348 g/mol. The molecule has 0 atom stereocenters. The first-order valence-corrected chi connectivity index (χ1v) is 9.75. The second-order valence-electron chi connectivity index (χ2n) is 7.64. The normalized spacial score (nSPS) is 20.8. The van der Waals surface area contributed by atoms with Gasteiger partial charge in [0.15, 0.2) is 5.82 Å². The van der Waals surface area contributed by atoms with Crippen LogP contribution in [0.4, 0.5) is 0 Å². The first kappa shape index (κ1) is 18.3. The predicted molar refractivity (Wildman–Crippen MR) is 97.2 cm³/mol. The number of hydrogen-bond donors (Lipinski definition) is 1. The van der Waals surface area contributed by atoms with Crippen molar-refractivity contribution in [3.8, 4) is 0 Å². The van der Waals surface area contributed by atoms with Crippen LogP contribution in [0.5, 0.6) is 0 Å². The minimum atomic E-state index is 0.312. The first-order valence-electron chi connectivity index (χ1n) is 9.75. The van der Waals surface area contributed by atoms with Crippen molar-refractivity contribution in [3.63, 3.8) is 0 Å². The molecule has 0 radical (unpaired) electrons. The maximum atomic E-state index is 12.5. The Bertz CT molecular complexity index is 542. The van der Waals surface area contributed by atoms with E-state index in [0.29, 0.717) is 18.4 Å². The highest BCUT2D eigenvalue weighted by Gasteiger charge is 2.23. The SMILES string of the molecule is CC(C)c1n[nH]c(CN2CCN(CC(=O)N3CCCCCC3)CC2)n1. The number of aromatic amines is 1. The van der Waals surface area contributed by atoms with E-state index in [2.05, 4.69) is 43.7 Å². The monoisotopic (exact) mass is 348 g/mol. The Morgan fingerprint density at radius 2 is 1.64 bits per heavy atom. The molecule has 0 aliphatic carbocycles. The van der Waals surface area contributed by atoms with Crippen molar-refractivity contribution in [3.05, 3.63) is 11.6 Å². The summed E-state index contributed by atoms with van der Waals surface area (Å²) in [5.41, 5.74) is 0. The van der Waals surface area contributed by atoms with E-state index in [4.69, 9.17) is 0 Å². The summed E-state index contributed by atoms with van der Waals surface area (Å²) < 4.78 is 0. The summed E-state index contributed by atoms with van der Waals surface area (Å²) >= 11 is 0. The van der Waals surface area contributed by atoms with Crippen molar-refractivity contribution >= 4 is 5.91 Å². The van der Waals surface area contributed by atoms with Crippen LogP contribution in [-0.2, 0) is 11.3 Å². The fourth-order valence-corrected chi connectivity index (χ4v) is 3.57. The van der Waals surface area contributed by atoms with Gasteiger partial charge in [-0.25, -0.2) is 4.98 Å². The Morgan fingerprint density at radius 3 is 2.24 bits per heavy atom. The molecule has 2 aliphatic heterocycles. The molecule has 0 bridgehead atoms. The second-order valence-corrected chi connectivity index (χ2v) is 7.64. The molecule has 2 fully saturated rings. The van der Waals surface area contributed by atoms with Gasteiger partial charge in [-0.05, 0) is 12.8 Å². The third-order valence-corrected chi connectivity index (χ3v) is 5.22. The van der Waals surface area contributed by atoms with Crippen molar-refractivity contribution < 1.29 is 4.79 Å². The Balaban J connectivity index is 1.41. The summed E-state index contributed by atoms with van der Waals surface area (Å²) in [6, 6.07) is 0. The Morgan fingerprint density at radius 1 is 1.00 bits per heavy atom. The number of carbonyl (C=O) groups excluding carboxylic acids is 1. The minimum Gasteiger partial charge on any atom is -0.342 e. The molecule has 2 aliphatic rings. The highest BCUT2D eigenvalue weighted by atomic mass is 16.2. The van der Waals surface area contributed by atoms with Gasteiger partial charge in [0.05, 0.1) is 13.1 Å². The third-order valence-electron chi connectivity index (χ3n) is 5.22. The molecule has 0 unspecified atom stereocenters. The molecule has 1 aromatic heterocycles. The lowest BCUT2D eigenvalue weighted by molar-refractivity contribution is -0.132. The summed E-state index contributed by atoms with van der Waals surface area (Å²) in [4.78, 5) is 23.8. The molecule has 7 heteroatoms. The zero-order valence-corrected chi connectivity index (χ0v) is 15.7. The van der Waals surface area contributed by atoms with E-state index < -0.39 is 0 Å². The van der Waals surface area contributed by atoms with Gasteiger partial charge in [0, 0.05) is 45.2 Å². The van der Waals surface area contributed by atoms with Gasteiger partial charge >= 0.3 is 0 Å². The Kier molecular flexibility index (Phi) is 6.42. The highest BCUT2D eigenvalue weighted by Crippen LogP contribution is 2.12. The summed E-state index contributed by atoms with van der Waals surface area (Å²) in [6.45, 7) is 11.3. The van der Waals surface area contributed by atoms with E-state index in [9.17, 15) is 4.79 Å². The molecule has 0 spiro atoms. The number of piperazine rings is 1. The van der Waals surface area contributed by atoms with Crippen molar-refractivity contribution in [2.75, 3.05) is 45.8 Å². The summed E-state index contributed by atoms with van der Waals surface area (Å²) in [6.07, 6.45) is 4.86. The number of nitrogens with zero attached hydrogens (tertiary/aromatic N) is 5. The first-order chi connectivity index (χ1) is 12.1. The number of likely N-dealkylation sites (tertiary alicyclic amines) is 1. The number of nitrogens with one attached hydrogen (secondary N) is 1. The van der Waals surface area contributed by atoms with Gasteiger partial charge in [-0.15, -0.1) is 0 Å². The van der Waals surface area contributed by atoms with E-state index in [1.54, 1.807) is 0 Å². The molecule has 7 nitrogen and oxygen atoms in total. The maximum Gasteiger partial charge on any atom is 0.236 e. The fourth-order valence-electron chi connectivity index (χ4n) is 3.57. The topological polar surface area (TPSA) is 68.4 Å². The standard InChI is InChI=1S/C18H32N6O/c1-15(2)18-19-16(20-21-18)13-22-9-11-23(12-10-22)14-17(25)24-7-5-3-4-6-8-24/h15H,3-14H2,1-2H3,(H,19,20,21).